The minimum Gasteiger partial charge on any atom is -0.345 e. The summed E-state index contributed by atoms with van der Waals surface area (Å²) >= 11 is 0. The highest BCUT2D eigenvalue weighted by Gasteiger charge is 2.18. The number of hydrogen-bond donors (Lipinski definition) is 2. The SMILES string of the molecule is CC(C)[C@H](N)C(=O)Nc1cc(C(=O)N(C)C)ccn1.Cl. The molecular weight excluding hydrogens is 280 g/mol. The van der Waals surface area contributed by atoms with Crippen molar-refractivity contribution in [2.45, 2.75) is 19.9 Å². The number of carbonyl (C=O) groups is 2. The Morgan fingerprint density at radius 1 is 1.35 bits per heavy atom. The van der Waals surface area contributed by atoms with E-state index < -0.39 is 6.04 Å². The first-order valence-corrected chi connectivity index (χ1v) is 6.07. The number of rotatable bonds is 4. The fourth-order valence-corrected chi connectivity index (χ4v) is 1.40. The average molecular weight is 301 g/mol. The number of pyridine rings is 1. The Hall–Kier alpha value is -1.66. The second-order valence-corrected chi connectivity index (χ2v) is 4.89. The topological polar surface area (TPSA) is 88.3 Å². The molecule has 7 heteroatoms. The largest absolute Gasteiger partial charge is 0.345 e. The van der Waals surface area contributed by atoms with Gasteiger partial charge in [-0.1, -0.05) is 13.8 Å². The van der Waals surface area contributed by atoms with Gasteiger partial charge in [0.25, 0.3) is 5.91 Å². The summed E-state index contributed by atoms with van der Waals surface area (Å²) in [5.41, 5.74) is 6.21. The van der Waals surface area contributed by atoms with Gasteiger partial charge in [-0.2, -0.15) is 0 Å². The fraction of sp³-hybridized carbons (Fsp3) is 0.462. The van der Waals surface area contributed by atoms with Gasteiger partial charge in [-0.3, -0.25) is 9.59 Å². The van der Waals surface area contributed by atoms with Gasteiger partial charge in [-0.05, 0) is 18.1 Å². The van der Waals surface area contributed by atoms with Crippen LogP contribution in [0, 0.1) is 5.92 Å². The summed E-state index contributed by atoms with van der Waals surface area (Å²) in [4.78, 5) is 29.0. The Morgan fingerprint density at radius 2 is 1.95 bits per heavy atom. The summed E-state index contributed by atoms with van der Waals surface area (Å²) in [5, 5.41) is 2.61. The number of carbonyl (C=O) groups excluding carboxylic acids is 2. The quantitative estimate of drug-likeness (QED) is 0.872. The summed E-state index contributed by atoms with van der Waals surface area (Å²) in [6, 6.07) is 2.53. The second kappa shape index (κ2) is 7.81. The van der Waals surface area contributed by atoms with E-state index in [9.17, 15) is 9.59 Å². The first-order valence-electron chi connectivity index (χ1n) is 6.07. The molecule has 0 unspecified atom stereocenters. The van der Waals surface area contributed by atoms with Crippen LogP contribution in [-0.4, -0.2) is 41.8 Å². The maximum atomic E-state index is 11.8. The zero-order chi connectivity index (χ0) is 14.6. The maximum Gasteiger partial charge on any atom is 0.253 e. The molecule has 2 amide bonds. The molecule has 0 spiro atoms. The summed E-state index contributed by atoms with van der Waals surface area (Å²) < 4.78 is 0. The van der Waals surface area contributed by atoms with Crippen LogP contribution in [0.3, 0.4) is 0 Å². The van der Waals surface area contributed by atoms with Crippen molar-refractivity contribution < 1.29 is 9.59 Å². The van der Waals surface area contributed by atoms with Crippen molar-refractivity contribution >= 4 is 30.0 Å². The predicted octanol–water partition coefficient (Wildman–Crippen LogP) is 1.13. The summed E-state index contributed by atoms with van der Waals surface area (Å²) in [5.74, 6) is -0.0941. The summed E-state index contributed by atoms with van der Waals surface area (Å²) in [6.45, 7) is 3.73. The molecule has 0 saturated heterocycles. The molecule has 112 valence electrons. The van der Waals surface area contributed by atoms with Gasteiger partial charge in [-0.25, -0.2) is 4.98 Å². The van der Waals surface area contributed by atoms with Crippen molar-refractivity contribution in [1.82, 2.24) is 9.88 Å². The molecule has 1 aromatic rings. The number of halogens is 1. The third-order valence-electron chi connectivity index (χ3n) is 2.69. The van der Waals surface area contributed by atoms with Crippen molar-refractivity contribution in [2.75, 3.05) is 19.4 Å². The van der Waals surface area contributed by atoms with E-state index >= 15 is 0 Å². The minimum atomic E-state index is -0.602. The van der Waals surface area contributed by atoms with Gasteiger partial charge in [0.15, 0.2) is 0 Å². The van der Waals surface area contributed by atoms with E-state index in [0.29, 0.717) is 11.4 Å². The highest BCUT2D eigenvalue weighted by atomic mass is 35.5. The van der Waals surface area contributed by atoms with E-state index in [2.05, 4.69) is 10.3 Å². The van der Waals surface area contributed by atoms with Crippen LogP contribution < -0.4 is 11.1 Å². The number of nitrogens with zero attached hydrogens (tertiary/aromatic N) is 2. The smallest absolute Gasteiger partial charge is 0.253 e. The third kappa shape index (κ3) is 4.79. The van der Waals surface area contributed by atoms with Crippen molar-refractivity contribution in [1.29, 1.82) is 0 Å². The van der Waals surface area contributed by atoms with Crippen molar-refractivity contribution in [3.63, 3.8) is 0 Å². The lowest BCUT2D eigenvalue weighted by Crippen LogP contribution is -2.40. The zero-order valence-electron chi connectivity index (χ0n) is 12.1. The van der Waals surface area contributed by atoms with Crippen LogP contribution in [-0.2, 0) is 4.79 Å². The molecule has 0 fully saturated rings. The maximum absolute atomic E-state index is 11.8. The molecule has 0 saturated carbocycles. The molecule has 0 bridgehead atoms. The Morgan fingerprint density at radius 3 is 2.45 bits per heavy atom. The second-order valence-electron chi connectivity index (χ2n) is 4.89. The lowest BCUT2D eigenvalue weighted by atomic mass is 10.1. The molecule has 1 rings (SSSR count). The Bertz CT molecular complexity index is 477. The lowest BCUT2D eigenvalue weighted by Gasteiger charge is -2.15. The third-order valence-corrected chi connectivity index (χ3v) is 2.69. The van der Waals surface area contributed by atoms with Gasteiger partial charge in [-0.15, -0.1) is 12.4 Å². The molecule has 1 aromatic heterocycles. The first kappa shape index (κ1) is 18.3. The van der Waals surface area contributed by atoms with Gasteiger partial charge in [0.2, 0.25) is 5.91 Å². The van der Waals surface area contributed by atoms with E-state index in [1.165, 1.54) is 17.2 Å². The normalized spacial score (nSPS) is 11.5. The standard InChI is InChI=1S/C13H20N4O2.ClH/c1-8(2)11(14)12(18)16-10-7-9(5-6-15-10)13(19)17(3)4;/h5-8,11H,14H2,1-4H3,(H,15,16,18);1H/t11-;/m0./s1. The predicted molar refractivity (Wildman–Crippen MR) is 80.9 cm³/mol. The highest BCUT2D eigenvalue weighted by molar-refractivity contribution is 5.97. The zero-order valence-corrected chi connectivity index (χ0v) is 12.9. The van der Waals surface area contributed by atoms with Crippen molar-refractivity contribution in [3.8, 4) is 0 Å². The molecule has 0 radical (unpaired) electrons. The summed E-state index contributed by atoms with van der Waals surface area (Å²) in [6.07, 6.45) is 1.48. The van der Waals surface area contributed by atoms with Gasteiger partial charge in [0, 0.05) is 25.9 Å². The Labute approximate surface area is 125 Å². The molecule has 6 nitrogen and oxygen atoms in total. The minimum absolute atomic E-state index is 0. The number of nitrogens with two attached hydrogens (primary N) is 1. The van der Waals surface area contributed by atoms with Crippen LogP contribution in [0.1, 0.15) is 24.2 Å². The van der Waals surface area contributed by atoms with Crippen LogP contribution in [0.25, 0.3) is 0 Å². The van der Waals surface area contributed by atoms with Crippen LogP contribution in [0.2, 0.25) is 0 Å². The van der Waals surface area contributed by atoms with Crippen molar-refractivity contribution in [3.05, 3.63) is 23.9 Å². The average Bonchev–Trinajstić information content (AvgIpc) is 2.36. The number of nitrogens with one attached hydrogen (secondary N) is 1. The molecule has 0 aromatic carbocycles. The van der Waals surface area contributed by atoms with Crippen LogP contribution in [0.5, 0.6) is 0 Å². The highest BCUT2D eigenvalue weighted by Crippen LogP contribution is 2.10. The molecule has 0 aliphatic carbocycles. The van der Waals surface area contributed by atoms with E-state index in [-0.39, 0.29) is 30.1 Å². The molecule has 3 N–H and O–H groups in total. The van der Waals surface area contributed by atoms with E-state index in [0.717, 1.165) is 0 Å². The van der Waals surface area contributed by atoms with E-state index in [4.69, 9.17) is 5.73 Å². The van der Waals surface area contributed by atoms with E-state index in [1.54, 1.807) is 20.2 Å². The van der Waals surface area contributed by atoms with Crippen LogP contribution >= 0.6 is 12.4 Å². The van der Waals surface area contributed by atoms with Crippen LogP contribution in [0.15, 0.2) is 18.3 Å². The first-order chi connectivity index (χ1) is 8.82. The van der Waals surface area contributed by atoms with Gasteiger partial charge in [0.1, 0.15) is 5.82 Å². The molecule has 0 aliphatic rings. The molecule has 1 heterocycles. The molecular formula is C13H21ClN4O2. The summed E-state index contributed by atoms with van der Waals surface area (Å²) in [7, 11) is 3.32. The number of anilines is 1. The molecule has 1 atom stereocenters. The number of amides is 2. The lowest BCUT2D eigenvalue weighted by molar-refractivity contribution is -0.118. The van der Waals surface area contributed by atoms with Gasteiger partial charge < -0.3 is 16.0 Å². The Kier molecular flexibility index (Phi) is 7.17. The van der Waals surface area contributed by atoms with Crippen molar-refractivity contribution in [2.24, 2.45) is 11.7 Å². The molecule has 0 aliphatic heterocycles. The van der Waals surface area contributed by atoms with E-state index in [1.807, 2.05) is 13.8 Å². The van der Waals surface area contributed by atoms with Crippen LogP contribution in [0.4, 0.5) is 5.82 Å². The Balaban J connectivity index is 0.00000361. The van der Waals surface area contributed by atoms with Gasteiger partial charge in [0.05, 0.1) is 6.04 Å². The fourth-order valence-electron chi connectivity index (χ4n) is 1.40. The monoisotopic (exact) mass is 300 g/mol. The molecule has 20 heavy (non-hydrogen) atoms. The van der Waals surface area contributed by atoms with Gasteiger partial charge >= 0.3 is 0 Å². The number of hydrogen-bond acceptors (Lipinski definition) is 4. The number of aromatic nitrogens is 1.